The van der Waals surface area contributed by atoms with E-state index in [4.69, 9.17) is 0 Å². The second kappa shape index (κ2) is 5.89. The van der Waals surface area contributed by atoms with Gasteiger partial charge in [-0.15, -0.1) is 0 Å². The summed E-state index contributed by atoms with van der Waals surface area (Å²) in [6.07, 6.45) is 5.01. The molecule has 0 aliphatic heterocycles. The third-order valence-electron chi connectivity index (χ3n) is 3.47. The van der Waals surface area contributed by atoms with Crippen LogP contribution in [0.1, 0.15) is 43.1 Å². The standard InChI is InChI=1S/C13H19BrN2O2/c1-2-16-8-9(14)7-12(16)13(18)15-10-3-5-11(17)6-4-10/h7-8,10-11,17H,2-6H2,1H3,(H,15,18). The average Bonchev–Trinajstić information content (AvgIpc) is 2.73. The molecule has 1 fully saturated rings. The highest BCUT2D eigenvalue weighted by Crippen LogP contribution is 2.20. The molecule has 0 aromatic carbocycles. The van der Waals surface area contributed by atoms with Crippen LogP contribution in [0.2, 0.25) is 0 Å². The Kier molecular flexibility index (Phi) is 4.45. The molecule has 0 atom stereocenters. The number of aliphatic hydroxyl groups is 1. The lowest BCUT2D eigenvalue weighted by atomic mass is 9.93. The van der Waals surface area contributed by atoms with Crippen molar-refractivity contribution < 1.29 is 9.90 Å². The molecule has 1 aromatic rings. The van der Waals surface area contributed by atoms with Crippen molar-refractivity contribution in [3.63, 3.8) is 0 Å². The number of aryl methyl sites for hydroxylation is 1. The third kappa shape index (κ3) is 3.14. The van der Waals surface area contributed by atoms with Crippen molar-refractivity contribution in [2.24, 2.45) is 0 Å². The van der Waals surface area contributed by atoms with Gasteiger partial charge >= 0.3 is 0 Å². The molecule has 1 aromatic heterocycles. The van der Waals surface area contributed by atoms with Crippen molar-refractivity contribution >= 4 is 21.8 Å². The van der Waals surface area contributed by atoms with E-state index < -0.39 is 0 Å². The summed E-state index contributed by atoms with van der Waals surface area (Å²) < 4.78 is 2.85. The van der Waals surface area contributed by atoms with Crippen molar-refractivity contribution in [1.82, 2.24) is 9.88 Å². The van der Waals surface area contributed by atoms with E-state index in [2.05, 4.69) is 21.2 Å². The zero-order chi connectivity index (χ0) is 13.1. The van der Waals surface area contributed by atoms with Gasteiger partial charge in [0.25, 0.3) is 5.91 Å². The van der Waals surface area contributed by atoms with Crippen LogP contribution in [0, 0.1) is 0 Å². The quantitative estimate of drug-likeness (QED) is 0.899. The van der Waals surface area contributed by atoms with Gasteiger partial charge in [-0.05, 0) is 54.6 Å². The minimum atomic E-state index is -0.188. The number of carbonyl (C=O) groups excluding carboxylic acids is 1. The number of carbonyl (C=O) groups is 1. The molecule has 0 saturated heterocycles. The Balaban J connectivity index is 1.99. The van der Waals surface area contributed by atoms with Crippen molar-refractivity contribution in [3.8, 4) is 0 Å². The summed E-state index contributed by atoms with van der Waals surface area (Å²) in [7, 11) is 0. The molecule has 2 rings (SSSR count). The van der Waals surface area contributed by atoms with Crippen LogP contribution in [0.3, 0.4) is 0 Å². The number of aromatic nitrogens is 1. The van der Waals surface area contributed by atoms with Gasteiger partial charge in [-0.1, -0.05) is 0 Å². The average molecular weight is 315 g/mol. The fourth-order valence-electron chi connectivity index (χ4n) is 2.41. The van der Waals surface area contributed by atoms with E-state index >= 15 is 0 Å². The van der Waals surface area contributed by atoms with E-state index in [-0.39, 0.29) is 18.1 Å². The maximum Gasteiger partial charge on any atom is 0.268 e. The van der Waals surface area contributed by atoms with Crippen LogP contribution in [0.25, 0.3) is 0 Å². The number of amides is 1. The van der Waals surface area contributed by atoms with Crippen LogP contribution in [0.5, 0.6) is 0 Å². The SMILES string of the molecule is CCn1cc(Br)cc1C(=O)NC1CCC(O)CC1. The first-order valence-corrected chi connectivity index (χ1v) is 7.24. The molecule has 0 spiro atoms. The molecule has 1 amide bonds. The van der Waals surface area contributed by atoms with Crippen LogP contribution in [0.15, 0.2) is 16.7 Å². The number of aliphatic hydroxyl groups excluding tert-OH is 1. The van der Waals surface area contributed by atoms with E-state index in [0.717, 1.165) is 36.7 Å². The van der Waals surface area contributed by atoms with Crippen LogP contribution >= 0.6 is 15.9 Å². The fraction of sp³-hybridized carbons (Fsp3) is 0.615. The zero-order valence-corrected chi connectivity index (χ0v) is 12.1. The maximum absolute atomic E-state index is 12.2. The number of nitrogens with one attached hydrogen (secondary N) is 1. The molecule has 1 heterocycles. The van der Waals surface area contributed by atoms with Gasteiger partial charge in [0.1, 0.15) is 5.69 Å². The minimum absolute atomic E-state index is 0.0241. The molecule has 2 N–H and O–H groups in total. The van der Waals surface area contributed by atoms with Crippen molar-refractivity contribution in [2.75, 3.05) is 0 Å². The molecular weight excluding hydrogens is 296 g/mol. The predicted octanol–water partition coefficient (Wildman–Crippen LogP) is 2.30. The number of hydrogen-bond donors (Lipinski definition) is 2. The first-order chi connectivity index (χ1) is 8.60. The Morgan fingerprint density at radius 3 is 2.78 bits per heavy atom. The van der Waals surface area contributed by atoms with E-state index in [1.165, 1.54) is 0 Å². The Morgan fingerprint density at radius 2 is 2.17 bits per heavy atom. The van der Waals surface area contributed by atoms with Crippen molar-refractivity contribution in [1.29, 1.82) is 0 Å². The molecule has 18 heavy (non-hydrogen) atoms. The third-order valence-corrected chi connectivity index (χ3v) is 3.90. The van der Waals surface area contributed by atoms with Crippen LogP contribution in [-0.2, 0) is 6.54 Å². The van der Waals surface area contributed by atoms with Crippen molar-refractivity contribution in [3.05, 3.63) is 22.4 Å². The Hall–Kier alpha value is -0.810. The minimum Gasteiger partial charge on any atom is -0.393 e. The van der Waals surface area contributed by atoms with E-state index in [9.17, 15) is 9.90 Å². The molecule has 1 aliphatic rings. The smallest absolute Gasteiger partial charge is 0.268 e. The highest BCUT2D eigenvalue weighted by Gasteiger charge is 2.22. The summed E-state index contributed by atoms with van der Waals surface area (Å²) in [6, 6.07) is 2.04. The largest absolute Gasteiger partial charge is 0.393 e. The lowest BCUT2D eigenvalue weighted by Gasteiger charge is -2.26. The Labute approximate surface area is 116 Å². The normalized spacial score (nSPS) is 23.9. The molecule has 4 nitrogen and oxygen atoms in total. The van der Waals surface area contributed by atoms with Gasteiger partial charge in [-0.2, -0.15) is 0 Å². The summed E-state index contributed by atoms with van der Waals surface area (Å²) in [6.45, 7) is 2.79. The Morgan fingerprint density at radius 1 is 1.50 bits per heavy atom. The lowest BCUT2D eigenvalue weighted by Crippen LogP contribution is -2.39. The number of hydrogen-bond acceptors (Lipinski definition) is 2. The van der Waals surface area contributed by atoms with Crippen LogP contribution in [-0.4, -0.2) is 27.7 Å². The lowest BCUT2D eigenvalue weighted by molar-refractivity contribution is 0.0859. The van der Waals surface area contributed by atoms with Crippen LogP contribution in [0.4, 0.5) is 0 Å². The molecule has 100 valence electrons. The Bertz CT molecular complexity index is 423. The van der Waals surface area contributed by atoms with Crippen molar-refractivity contribution in [2.45, 2.75) is 51.3 Å². The second-order valence-corrected chi connectivity index (χ2v) is 5.72. The molecular formula is C13H19BrN2O2. The zero-order valence-electron chi connectivity index (χ0n) is 10.5. The fourth-order valence-corrected chi connectivity index (χ4v) is 2.87. The molecule has 1 saturated carbocycles. The first kappa shape index (κ1) is 13.6. The summed E-state index contributed by atoms with van der Waals surface area (Å²) in [5.74, 6) is -0.0241. The van der Waals surface area contributed by atoms with Gasteiger partial charge in [0.15, 0.2) is 0 Å². The molecule has 0 bridgehead atoms. The number of halogens is 1. The predicted molar refractivity (Wildman–Crippen MR) is 73.5 cm³/mol. The summed E-state index contributed by atoms with van der Waals surface area (Å²) >= 11 is 3.39. The molecule has 5 heteroatoms. The molecule has 0 radical (unpaired) electrons. The molecule has 0 unspecified atom stereocenters. The monoisotopic (exact) mass is 314 g/mol. The van der Waals surface area contributed by atoms with E-state index in [1.54, 1.807) is 0 Å². The summed E-state index contributed by atoms with van der Waals surface area (Å²) in [4.78, 5) is 12.2. The van der Waals surface area contributed by atoms with E-state index in [0.29, 0.717) is 5.69 Å². The van der Waals surface area contributed by atoms with E-state index in [1.807, 2.05) is 23.8 Å². The highest BCUT2D eigenvalue weighted by molar-refractivity contribution is 9.10. The van der Waals surface area contributed by atoms with Gasteiger partial charge in [0.05, 0.1) is 6.10 Å². The summed E-state index contributed by atoms with van der Waals surface area (Å²) in [5, 5.41) is 12.5. The first-order valence-electron chi connectivity index (χ1n) is 6.44. The maximum atomic E-state index is 12.2. The highest BCUT2D eigenvalue weighted by atomic mass is 79.9. The summed E-state index contributed by atoms with van der Waals surface area (Å²) in [5.41, 5.74) is 0.690. The number of nitrogens with zero attached hydrogens (tertiary/aromatic N) is 1. The van der Waals surface area contributed by atoms with Gasteiger partial charge in [0.2, 0.25) is 0 Å². The second-order valence-electron chi connectivity index (χ2n) is 4.81. The molecule has 1 aliphatic carbocycles. The number of rotatable bonds is 3. The van der Waals surface area contributed by atoms with Gasteiger partial charge in [-0.3, -0.25) is 4.79 Å². The van der Waals surface area contributed by atoms with Gasteiger partial charge < -0.3 is 15.0 Å². The van der Waals surface area contributed by atoms with Gasteiger partial charge in [0, 0.05) is 23.3 Å². The topological polar surface area (TPSA) is 54.3 Å². The van der Waals surface area contributed by atoms with Gasteiger partial charge in [-0.25, -0.2) is 0 Å². The van der Waals surface area contributed by atoms with Crippen LogP contribution < -0.4 is 5.32 Å².